The number of aromatic nitrogens is 2. The number of hydrogen-bond donors (Lipinski definition) is 0. The van der Waals surface area contributed by atoms with Gasteiger partial charge in [-0.3, -0.25) is 9.78 Å². The molecule has 2 saturated heterocycles. The average molecular weight is 616 g/mol. The normalized spacial score (nSPS) is 21.5. The molecular weight excluding hydrogens is 579 g/mol. The van der Waals surface area contributed by atoms with Gasteiger partial charge in [0.1, 0.15) is 17.6 Å². The molecule has 0 aliphatic carbocycles. The number of carbonyl (C=O) groups excluding carboxylic acids is 1. The van der Waals surface area contributed by atoms with Gasteiger partial charge in [-0.05, 0) is 67.5 Å². The molecule has 0 radical (unpaired) electrons. The second-order valence-electron chi connectivity index (χ2n) is 11.6. The number of anilines is 1. The molecule has 2 fully saturated rings. The van der Waals surface area contributed by atoms with Gasteiger partial charge in [0.2, 0.25) is 5.91 Å². The van der Waals surface area contributed by atoms with Crippen molar-refractivity contribution in [1.29, 1.82) is 0 Å². The first-order valence-corrected chi connectivity index (χ1v) is 15.9. The summed E-state index contributed by atoms with van der Waals surface area (Å²) >= 11 is 0. The van der Waals surface area contributed by atoms with Crippen LogP contribution in [0.1, 0.15) is 43.0 Å². The number of amides is 1. The third kappa shape index (κ3) is 6.37. The molecule has 43 heavy (non-hydrogen) atoms. The van der Waals surface area contributed by atoms with E-state index in [0.29, 0.717) is 19.6 Å². The van der Waals surface area contributed by atoms with Crippen molar-refractivity contribution in [3.05, 3.63) is 78.4 Å². The van der Waals surface area contributed by atoms with Crippen LogP contribution < -0.4 is 4.90 Å². The minimum atomic E-state index is -4.62. The summed E-state index contributed by atoms with van der Waals surface area (Å²) in [6, 6.07) is 12.2. The summed E-state index contributed by atoms with van der Waals surface area (Å²) in [6.45, 7) is 4.06. The van der Waals surface area contributed by atoms with Crippen LogP contribution in [0.5, 0.6) is 0 Å². The van der Waals surface area contributed by atoms with E-state index in [9.17, 15) is 22.2 Å². The van der Waals surface area contributed by atoms with Crippen LogP contribution in [0.4, 0.5) is 18.9 Å². The van der Waals surface area contributed by atoms with Crippen molar-refractivity contribution >= 4 is 22.6 Å². The van der Waals surface area contributed by atoms with Gasteiger partial charge in [-0.1, -0.05) is 12.1 Å². The van der Waals surface area contributed by atoms with Crippen LogP contribution in [0.3, 0.4) is 0 Å². The lowest BCUT2D eigenvalue weighted by Gasteiger charge is -2.47. The first kappa shape index (κ1) is 29.8. The quantitative estimate of drug-likeness (QED) is 0.378. The molecule has 3 aliphatic heterocycles. The largest absolute Gasteiger partial charge is 0.417 e. The fourth-order valence-electron chi connectivity index (χ4n) is 6.66. The Kier molecular flexibility index (Phi) is 8.61. The molecule has 0 saturated carbocycles. The third-order valence-corrected chi connectivity index (χ3v) is 10.8. The number of likely N-dealkylation sites (tertiary alicyclic amines) is 1. The smallest absolute Gasteiger partial charge is 0.371 e. The molecule has 2 unspecified atom stereocenters. The first-order chi connectivity index (χ1) is 20.7. The molecule has 0 N–H and O–H groups in total. The van der Waals surface area contributed by atoms with E-state index in [0.717, 1.165) is 50.5 Å². The number of rotatable bonds is 7. The van der Waals surface area contributed by atoms with Gasteiger partial charge < -0.3 is 19.1 Å². The van der Waals surface area contributed by atoms with Crippen LogP contribution >= 0.6 is 0 Å². The Labute approximate surface area is 252 Å². The molecular formula is C31H36F3N5O3S. The molecule has 6 rings (SSSR count). The molecule has 12 heteroatoms. The predicted molar refractivity (Wildman–Crippen MR) is 156 cm³/mol. The van der Waals surface area contributed by atoms with Crippen molar-refractivity contribution in [3.8, 4) is 0 Å². The highest BCUT2D eigenvalue weighted by atomic mass is 32.2. The Hall–Kier alpha value is -3.22. The highest BCUT2D eigenvalue weighted by Crippen LogP contribution is 2.42. The monoisotopic (exact) mass is 615 g/mol. The topological polar surface area (TPSA) is 70.9 Å². The van der Waals surface area contributed by atoms with Gasteiger partial charge >= 0.3 is 6.18 Å². The van der Waals surface area contributed by atoms with E-state index in [1.807, 2.05) is 52.3 Å². The standard InChI is InChI=1S/C31H36F3N5O3S/c32-31(33,34)25-4-1-2-6-28(25)43(41)39-21-20-37-15-3-5-26(37)27(39)22-42-23-29(40)38-18-11-30(12-19-38)9-16-36(17-10-30)24-7-13-35-14-8-24/h1-8,13-15,27H,9-12,16-23H2. The van der Waals surface area contributed by atoms with Crippen LogP contribution in [0, 0.1) is 5.41 Å². The number of pyridine rings is 1. The number of fused-ring (bicyclic) bond motifs is 1. The summed E-state index contributed by atoms with van der Waals surface area (Å²) in [5, 5.41) is 0. The van der Waals surface area contributed by atoms with E-state index in [2.05, 4.69) is 9.88 Å². The summed E-state index contributed by atoms with van der Waals surface area (Å²) in [4.78, 5) is 21.2. The van der Waals surface area contributed by atoms with Gasteiger partial charge in [0.15, 0.2) is 0 Å². The lowest BCUT2D eigenvalue weighted by molar-refractivity contribution is -0.140. The molecule has 2 aromatic heterocycles. The Morgan fingerprint density at radius 2 is 1.63 bits per heavy atom. The Balaban J connectivity index is 1.04. The molecule has 5 heterocycles. The third-order valence-electron chi connectivity index (χ3n) is 9.24. The van der Waals surface area contributed by atoms with Crippen LogP contribution in [0.2, 0.25) is 0 Å². The van der Waals surface area contributed by atoms with Gasteiger partial charge in [0, 0.05) is 69.2 Å². The Bertz CT molecular complexity index is 1430. The zero-order chi connectivity index (χ0) is 30.0. The number of carbonyl (C=O) groups is 1. The summed E-state index contributed by atoms with van der Waals surface area (Å²) in [6.07, 6.45) is 5.03. The number of hydrogen-bond acceptors (Lipinski definition) is 5. The lowest BCUT2D eigenvalue weighted by atomic mass is 9.71. The second-order valence-corrected chi connectivity index (χ2v) is 13.0. The van der Waals surface area contributed by atoms with Gasteiger partial charge in [-0.25, -0.2) is 8.51 Å². The number of halogens is 3. The van der Waals surface area contributed by atoms with Crippen molar-refractivity contribution in [3.63, 3.8) is 0 Å². The van der Waals surface area contributed by atoms with E-state index >= 15 is 0 Å². The van der Waals surface area contributed by atoms with Crippen LogP contribution in [0.15, 0.2) is 72.0 Å². The van der Waals surface area contributed by atoms with E-state index in [1.165, 1.54) is 23.9 Å². The molecule has 1 aromatic carbocycles. The summed E-state index contributed by atoms with van der Waals surface area (Å²) in [7, 11) is -2.07. The highest BCUT2D eigenvalue weighted by molar-refractivity contribution is 7.82. The molecule has 0 bridgehead atoms. The minimum absolute atomic E-state index is 0.0400. The molecule has 3 aromatic rings. The predicted octanol–water partition coefficient (Wildman–Crippen LogP) is 4.91. The number of benzene rings is 1. The summed E-state index contributed by atoms with van der Waals surface area (Å²) in [5.74, 6) is -0.0923. The average Bonchev–Trinajstić information content (AvgIpc) is 3.51. The number of ether oxygens (including phenoxy) is 1. The molecule has 1 spiro atoms. The maximum atomic E-state index is 13.7. The fourth-order valence-corrected chi connectivity index (χ4v) is 8.13. The van der Waals surface area contributed by atoms with E-state index < -0.39 is 28.8 Å². The number of alkyl halides is 3. The first-order valence-electron chi connectivity index (χ1n) is 14.7. The van der Waals surface area contributed by atoms with Crippen LogP contribution in [-0.2, 0) is 33.2 Å². The van der Waals surface area contributed by atoms with Gasteiger partial charge in [-0.15, -0.1) is 0 Å². The van der Waals surface area contributed by atoms with E-state index in [-0.39, 0.29) is 36.0 Å². The van der Waals surface area contributed by atoms with Gasteiger partial charge in [0.25, 0.3) is 0 Å². The second kappa shape index (κ2) is 12.4. The van der Waals surface area contributed by atoms with Gasteiger partial charge in [0.05, 0.1) is 23.1 Å². The summed E-state index contributed by atoms with van der Waals surface area (Å²) in [5.41, 5.74) is 1.35. The fraction of sp³-hybridized carbons (Fsp3) is 0.484. The molecule has 1 amide bonds. The SMILES string of the molecule is O=C(COCC1c2cccn2CCN1S(=O)c1ccccc1C(F)(F)F)N1CCC2(CC1)CCN(c1ccncc1)CC2. The highest BCUT2D eigenvalue weighted by Gasteiger charge is 2.40. The van der Waals surface area contributed by atoms with E-state index in [1.54, 1.807) is 4.31 Å². The number of nitrogens with zero attached hydrogens (tertiary/aromatic N) is 5. The maximum absolute atomic E-state index is 13.7. The van der Waals surface area contributed by atoms with Crippen molar-refractivity contribution in [2.75, 3.05) is 50.8 Å². The van der Waals surface area contributed by atoms with Crippen molar-refractivity contribution in [1.82, 2.24) is 18.8 Å². The zero-order valence-electron chi connectivity index (χ0n) is 23.9. The molecule has 3 aliphatic rings. The molecule has 8 nitrogen and oxygen atoms in total. The molecule has 2 atom stereocenters. The number of piperidine rings is 2. The van der Waals surface area contributed by atoms with Crippen LogP contribution in [0.25, 0.3) is 0 Å². The molecule has 230 valence electrons. The van der Waals surface area contributed by atoms with E-state index in [4.69, 9.17) is 4.74 Å². The van der Waals surface area contributed by atoms with Crippen molar-refractivity contribution < 1.29 is 26.9 Å². The Morgan fingerprint density at radius 3 is 2.35 bits per heavy atom. The minimum Gasteiger partial charge on any atom is -0.371 e. The maximum Gasteiger partial charge on any atom is 0.417 e. The zero-order valence-corrected chi connectivity index (χ0v) is 24.7. The van der Waals surface area contributed by atoms with Crippen molar-refractivity contribution in [2.24, 2.45) is 5.41 Å². The van der Waals surface area contributed by atoms with Gasteiger partial charge in [-0.2, -0.15) is 13.2 Å². The summed E-state index contributed by atoms with van der Waals surface area (Å²) < 4.78 is 64.2. The van der Waals surface area contributed by atoms with Crippen LogP contribution in [-0.4, -0.2) is 74.8 Å². The Morgan fingerprint density at radius 1 is 0.930 bits per heavy atom. The lowest BCUT2D eigenvalue weighted by Crippen LogP contribution is -2.49. The van der Waals surface area contributed by atoms with Crippen molar-refractivity contribution in [2.45, 2.75) is 49.3 Å².